The molecular formula is C9H15N3O3. The number of hydrogen-bond donors (Lipinski definition) is 2. The van der Waals surface area contributed by atoms with Gasteiger partial charge in [0.2, 0.25) is 0 Å². The van der Waals surface area contributed by atoms with E-state index in [1.807, 2.05) is 0 Å². The Balaban J connectivity index is 2.81. The summed E-state index contributed by atoms with van der Waals surface area (Å²) in [5, 5.41) is 10.8. The molecule has 0 saturated carbocycles. The first kappa shape index (κ1) is 11.7. The molecule has 0 amide bonds. The number of rotatable bonds is 4. The molecule has 1 heterocycles. The fourth-order valence-electron chi connectivity index (χ4n) is 1.11. The van der Waals surface area contributed by atoms with Gasteiger partial charge in [-0.1, -0.05) is 0 Å². The van der Waals surface area contributed by atoms with Gasteiger partial charge < -0.3 is 20.2 Å². The van der Waals surface area contributed by atoms with Crippen molar-refractivity contribution in [3.8, 4) is 0 Å². The molecular weight excluding hydrogens is 198 g/mol. The summed E-state index contributed by atoms with van der Waals surface area (Å²) in [4.78, 5) is 16.3. The van der Waals surface area contributed by atoms with Gasteiger partial charge in [-0.25, -0.2) is 0 Å². The Labute approximate surface area is 87.4 Å². The maximum atomic E-state index is 11.5. The standard InChI is InChI=1S/C9H15N3O3/c1-11(15-2)8(13)6-12-5-3-4-7(10)9(12)14/h3-5,8,13H,6,10H2,1-2H3. The highest BCUT2D eigenvalue weighted by Crippen LogP contribution is 1.97. The van der Waals surface area contributed by atoms with Crippen LogP contribution in [0.5, 0.6) is 0 Å². The zero-order valence-corrected chi connectivity index (χ0v) is 8.75. The number of aliphatic hydroxyl groups excluding tert-OH is 1. The maximum absolute atomic E-state index is 11.5. The molecule has 1 atom stereocenters. The summed E-state index contributed by atoms with van der Waals surface area (Å²) in [5.74, 6) is 0. The van der Waals surface area contributed by atoms with Crippen molar-refractivity contribution in [1.82, 2.24) is 9.63 Å². The van der Waals surface area contributed by atoms with E-state index >= 15 is 0 Å². The van der Waals surface area contributed by atoms with Crippen LogP contribution in [0.15, 0.2) is 23.1 Å². The Morgan fingerprint density at radius 2 is 2.40 bits per heavy atom. The smallest absolute Gasteiger partial charge is 0.273 e. The van der Waals surface area contributed by atoms with E-state index in [0.29, 0.717) is 0 Å². The molecule has 0 aromatic carbocycles. The van der Waals surface area contributed by atoms with Crippen molar-refractivity contribution in [3.05, 3.63) is 28.7 Å². The van der Waals surface area contributed by atoms with E-state index in [2.05, 4.69) is 0 Å². The first-order chi connectivity index (χ1) is 7.06. The van der Waals surface area contributed by atoms with Crippen molar-refractivity contribution in [1.29, 1.82) is 0 Å². The summed E-state index contributed by atoms with van der Waals surface area (Å²) in [6.07, 6.45) is 0.667. The Morgan fingerprint density at radius 1 is 1.73 bits per heavy atom. The van der Waals surface area contributed by atoms with Gasteiger partial charge in [0.15, 0.2) is 0 Å². The molecule has 0 aliphatic carbocycles. The van der Waals surface area contributed by atoms with Gasteiger partial charge in [0.05, 0.1) is 19.3 Å². The average molecular weight is 213 g/mol. The second-order valence-electron chi connectivity index (χ2n) is 3.13. The molecule has 0 bridgehead atoms. The molecule has 84 valence electrons. The number of anilines is 1. The number of nitrogen functional groups attached to an aromatic ring is 1. The van der Waals surface area contributed by atoms with Crippen LogP contribution in [0.4, 0.5) is 5.69 Å². The van der Waals surface area contributed by atoms with Crippen molar-refractivity contribution in [2.24, 2.45) is 0 Å². The largest absolute Gasteiger partial charge is 0.394 e. The highest BCUT2D eigenvalue weighted by molar-refractivity contribution is 5.33. The van der Waals surface area contributed by atoms with Crippen molar-refractivity contribution in [2.45, 2.75) is 12.8 Å². The van der Waals surface area contributed by atoms with Crippen LogP contribution in [0.1, 0.15) is 0 Å². The van der Waals surface area contributed by atoms with Gasteiger partial charge in [0.25, 0.3) is 5.56 Å². The lowest BCUT2D eigenvalue weighted by atomic mass is 10.4. The minimum absolute atomic E-state index is 0.105. The van der Waals surface area contributed by atoms with Gasteiger partial charge in [-0.05, 0) is 12.1 Å². The SMILES string of the molecule is CON(C)C(O)Cn1cccc(N)c1=O. The van der Waals surface area contributed by atoms with Crippen LogP contribution >= 0.6 is 0 Å². The normalized spacial score (nSPS) is 13.1. The number of aliphatic hydroxyl groups is 1. The fourth-order valence-corrected chi connectivity index (χ4v) is 1.11. The van der Waals surface area contributed by atoms with Crippen molar-refractivity contribution in [3.63, 3.8) is 0 Å². The Bertz CT molecular complexity index is 377. The van der Waals surface area contributed by atoms with E-state index in [-0.39, 0.29) is 17.8 Å². The monoisotopic (exact) mass is 213 g/mol. The van der Waals surface area contributed by atoms with Crippen LogP contribution in [-0.2, 0) is 11.4 Å². The minimum Gasteiger partial charge on any atom is -0.394 e. The van der Waals surface area contributed by atoms with E-state index in [4.69, 9.17) is 10.6 Å². The van der Waals surface area contributed by atoms with Crippen molar-refractivity contribution in [2.75, 3.05) is 19.9 Å². The zero-order valence-electron chi connectivity index (χ0n) is 8.75. The lowest BCUT2D eigenvalue weighted by Crippen LogP contribution is -2.37. The molecule has 3 N–H and O–H groups in total. The molecule has 0 aliphatic heterocycles. The lowest BCUT2D eigenvalue weighted by molar-refractivity contribution is -0.207. The first-order valence-electron chi connectivity index (χ1n) is 4.46. The molecule has 0 saturated heterocycles. The van der Waals surface area contributed by atoms with Crippen LogP contribution in [0.25, 0.3) is 0 Å². The second kappa shape index (κ2) is 4.92. The van der Waals surface area contributed by atoms with Gasteiger partial charge in [-0.3, -0.25) is 4.79 Å². The van der Waals surface area contributed by atoms with E-state index in [9.17, 15) is 9.90 Å². The number of aromatic nitrogens is 1. The molecule has 0 radical (unpaired) electrons. The average Bonchev–Trinajstić information content (AvgIpc) is 2.23. The summed E-state index contributed by atoms with van der Waals surface area (Å²) in [7, 11) is 3.01. The number of pyridine rings is 1. The van der Waals surface area contributed by atoms with Crippen LogP contribution < -0.4 is 11.3 Å². The van der Waals surface area contributed by atoms with E-state index in [1.165, 1.54) is 22.8 Å². The number of hydroxylamine groups is 2. The zero-order chi connectivity index (χ0) is 11.4. The highest BCUT2D eigenvalue weighted by Gasteiger charge is 2.12. The topological polar surface area (TPSA) is 80.7 Å². The molecule has 1 rings (SSSR count). The maximum Gasteiger partial charge on any atom is 0.273 e. The quantitative estimate of drug-likeness (QED) is 0.507. The Hall–Kier alpha value is -1.37. The molecule has 0 aliphatic rings. The predicted molar refractivity (Wildman–Crippen MR) is 55.9 cm³/mol. The van der Waals surface area contributed by atoms with Gasteiger partial charge >= 0.3 is 0 Å². The third-order valence-corrected chi connectivity index (χ3v) is 2.12. The number of nitrogens with two attached hydrogens (primary N) is 1. The molecule has 0 spiro atoms. The predicted octanol–water partition coefficient (Wildman–Crippen LogP) is -0.758. The minimum atomic E-state index is -0.894. The number of nitrogens with zero attached hydrogens (tertiary/aromatic N) is 2. The molecule has 15 heavy (non-hydrogen) atoms. The van der Waals surface area contributed by atoms with E-state index < -0.39 is 6.23 Å². The summed E-state index contributed by atoms with van der Waals surface area (Å²) in [5.41, 5.74) is 5.28. The fraction of sp³-hybridized carbons (Fsp3) is 0.444. The van der Waals surface area contributed by atoms with Gasteiger partial charge in [-0.2, -0.15) is 5.06 Å². The van der Waals surface area contributed by atoms with Crippen molar-refractivity contribution < 1.29 is 9.94 Å². The van der Waals surface area contributed by atoms with Crippen LogP contribution in [-0.4, -0.2) is 35.1 Å². The Morgan fingerprint density at radius 3 is 3.00 bits per heavy atom. The van der Waals surface area contributed by atoms with Gasteiger partial charge in [-0.15, -0.1) is 0 Å². The van der Waals surface area contributed by atoms with Gasteiger partial charge in [0.1, 0.15) is 6.23 Å². The first-order valence-corrected chi connectivity index (χ1v) is 4.46. The van der Waals surface area contributed by atoms with E-state index in [0.717, 1.165) is 0 Å². The van der Waals surface area contributed by atoms with E-state index in [1.54, 1.807) is 19.3 Å². The van der Waals surface area contributed by atoms with Gasteiger partial charge in [0, 0.05) is 13.2 Å². The second-order valence-corrected chi connectivity index (χ2v) is 3.13. The molecule has 1 aromatic heterocycles. The third kappa shape index (κ3) is 2.79. The lowest BCUT2D eigenvalue weighted by Gasteiger charge is -2.21. The summed E-state index contributed by atoms with van der Waals surface area (Å²) < 4.78 is 1.33. The summed E-state index contributed by atoms with van der Waals surface area (Å²) >= 11 is 0. The number of likely N-dealkylation sites (N-methyl/N-ethyl adjacent to an activating group) is 1. The highest BCUT2D eigenvalue weighted by atomic mass is 16.7. The Kier molecular flexibility index (Phi) is 3.84. The van der Waals surface area contributed by atoms with Crippen LogP contribution in [0, 0.1) is 0 Å². The summed E-state index contributed by atoms with van der Waals surface area (Å²) in [6, 6.07) is 3.17. The van der Waals surface area contributed by atoms with Crippen molar-refractivity contribution >= 4 is 5.69 Å². The molecule has 1 aromatic rings. The third-order valence-electron chi connectivity index (χ3n) is 2.12. The molecule has 0 fully saturated rings. The number of hydrogen-bond acceptors (Lipinski definition) is 5. The summed E-state index contributed by atoms with van der Waals surface area (Å²) in [6.45, 7) is 0.105. The van der Waals surface area contributed by atoms with Crippen LogP contribution in [0.2, 0.25) is 0 Å². The molecule has 6 nitrogen and oxygen atoms in total. The van der Waals surface area contributed by atoms with Crippen LogP contribution in [0.3, 0.4) is 0 Å². The molecule has 1 unspecified atom stereocenters. The molecule has 6 heteroatoms.